The van der Waals surface area contributed by atoms with E-state index in [1.54, 1.807) is 0 Å². The Hall–Kier alpha value is -1.55. The van der Waals surface area contributed by atoms with Gasteiger partial charge in [-0.05, 0) is 23.6 Å². The number of fused-ring (bicyclic) bond motifs is 1. The van der Waals surface area contributed by atoms with Crippen LogP contribution in [-0.4, -0.2) is 26.0 Å². The van der Waals surface area contributed by atoms with E-state index in [1.807, 2.05) is 0 Å². The van der Waals surface area contributed by atoms with Crippen LogP contribution in [0.4, 0.5) is 5.69 Å². The lowest BCUT2D eigenvalue weighted by atomic mass is 10.1. The maximum absolute atomic E-state index is 10.6. The minimum atomic E-state index is -0.256. The molecule has 3 N–H and O–H groups in total. The summed E-state index contributed by atoms with van der Waals surface area (Å²) in [5, 5.41) is 3.22. The lowest BCUT2D eigenvalue weighted by Gasteiger charge is -2.12. The first-order chi connectivity index (χ1) is 8.16. The summed E-state index contributed by atoms with van der Waals surface area (Å²) < 4.78 is 0. The van der Waals surface area contributed by atoms with Crippen LogP contribution in [-0.2, 0) is 17.8 Å². The Labute approximate surface area is 102 Å². The minimum Gasteiger partial charge on any atom is -0.374 e. The lowest BCUT2D eigenvalue weighted by Crippen LogP contribution is -2.21. The van der Waals surface area contributed by atoms with Gasteiger partial charge in [0, 0.05) is 38.8 Å². The average Bonchev–Trinajstić information content (AvgIpc) is 2.66. The number of hydrogen-bond donors (Lipinski definition) is 2. The topological polar surface area (TPSA) is 58.4 Å². The van der Waals surface area contributed by atoms with Gasteiger partial charge >= 0.3 is 0 Å². The highest BCUT2D eigenvalue weighted by molar-refractivity contribution is 5.73. The summed E-state index contributed by atoms with van der Waals surface area (Å²) in [6.45, 7) is 2.55. The number of hydrogen-bond acceptors (Lipinski definition) is 3. The summed E-state index contributed by atoms with van der Waals surface area (Å²) in [7, 11) is 2.12. The maximum Gasteiger partial charge on any atom is 0.218 e. The number of rotatable bonds is 5. The van der Waals surface area contributed by atoms with Crippen LogP contribution in [0, 0.1) is 0 Å². The van der Waals surface area contributed by atoms with Crippen molar-refractivity contribution >= 4 is 11.6 Å². The molecule has 2 rings (SSSR count). The smallest absolute Gasteiger partial charge is 0.218 e. The molecule has 0 aliphatic carbocycles. The Morgan fingerprint density at radius 3 is 3.12 bits per heavy atom. The highest BCUT2D eigenvalue weighted by Crippen LogP contribution is 2.27. The number of likely N-dealkylation sites (N-methyl/N-ethyl adjacent to an activating group) is 1. The quantitative estimate of drug-likeness (QED) is 0.734. The molecular formula is C13H19N3O. The summed E-state index contributed by atoms with van der Waals surface area (Å²) in [5.74, 6) is -0.256. The molecule has 1 aliphatic heterocycles. The average molecular weight is 233 g/mol. The molecule has 17 heavy (non-hydrogen) atoms. The Morgan fingerprint density at radius 2 is 2.35 bits per heavy atom. The number of primary amides is 1. The van der Waals surface area contributed by atoms with E-state index < -0.39 is 0 Å². The summed E-state index contributed by atoms with van der Waals surface area (Å²) >= 11 is 0. The van der Waals surface area contributed by atoms with Crippen LogP contribution in [0.1, 0.15) is 17.5 Å². The number of carbonyl (C=O) groups excluding carboxylic acids is 1. The molecule has 0 spiro atoms. The monoisotopic (exact) mass is 233 g/mol. The van der Waals surface area contributed by atoms with Gasteiger partial charge < -0.3 is 16.0 Å². The molecule has 1 aromatic rings. The van der Waals surface area contributed by atoms with Crippen molar-refractivity contribution in [2.45, 2.75) is 19.4 Å². The summed E-state index contributed by atoms with van der Waals surface area (Å²) in [5.41, 5.74) is 9.10. The van der Waals surface area contributed by atoms with Crippen LogP contribution in [0.2, 0.25) is 0 Å². The Bertz CT molecular complexity index is 417. The van der Waals surface area contributed by atoms with E-state index in [1.165, 1.54) is 16.8 Å². The molecule has 0 saturated heterocycles. The second kappa shape index (κ2) is 5.19. The highest BCUT2D eigenvalue weighted by atomic mass is 16.1. The van der Waals surface area contributed by atoms with Gasteiger partial charge in [-0.25, -0.2) is 0 Å². The molecule has 4 heteroatoms. The molecule has 1 amide bonds. The molecule has 0 radical (unpaired) electrons. The Kier molecular flexibility index (Phi) is 3.64. The van der Waals surface area contributed by atoms with Crippen molar-refractivity contribution in [3.63, 3.8) is 0 Å². The molecule has 0 unspecified atom stereocenters. The van der Waals surface area contributed by atoms with Crippen LogP contribution in [0.5, 0.6) is 0 Å². The third-order valence-electron chi connectivity index (χ3n) is 3.15. The number of carbonyl (C=O) groups is 1. The molecule has 1 aromatic carbocycles. The summed E-state index contributed by atoms with van der Waals surface area (Å²) in [6.07, 6.45) is 1.52. The van der Waals surface area contributed by atoms with Crippen molar-refractivity contribution in [2.24, 2.45) is 5.73 Å². The fraction of sp³-hybridized carbons (Fsp3) is 0.462. The second-order valence-corrected chi connectivity index (χ2v) is 4.53. The minimum absolute atomic E-state index is 0.256. The van der Waals surface area contributed by atoms with Crippen molar-refractivity contribution in [1.29, 1.82) is 0 Å². The number of nitrogens with two attached hydrogens (primary N) is 1. The van der Waals surface area contributed by atoms with Crippen molar-refractivity contribution in [3.05, 3.63) is 29.3 Å². The lowest BCUT2D eigenvalue weighted by molar-refractivity contribution is -0.117. The van der Waals surface area contributed by atoms with Crippen LogP contribution >= 0.6 is 0 Å². The first-order valence-electron chi connectivity index (χ1n) is 5.99. The Morgan fingerprint density at radius 1 is 1.53 bits per heavy atom. The van der Waals surface area contributed by atoms with E-state index >= 15 is 0 Å². The largest absolute Gasteiger partial charge is 0.374 e. The van der Waals surface area contributed by atoms with Crippen LogP contribution in [0.25, 0.3) is 0 Å². The van der Waals surface area contributed by atoms with Gasteiger partial charge in [-0.1, -0.05) is 12.1 Å². The van der Waals surface area contributed by atoms with E-state index in [4.69, 9.17) is 5.73 Å². The van der Waals surface area contributed by atoms with E-state index in [0.29, 0.717) is 13.0 Å². The maximum atomic E-state index is 10.6. The standard InChI is InChI=1S/C13H19N3O/c1-16-7-5-11-8-10(2-3-12(11)16)9-15-6-4-13(14)17/h2-3,8,15H,4-7,9H2,1H3,(H2,14,17). The van der Waals surface area contributed by atoms with Crippen LogP contribution in [0.3, 0.4) is 0 Å². The van der Waals surface area contributed by atoms with E-state index in [-0.39, 0.29) is 5.91 Å². The number of benzene rings is 1. The zero-order valence-electron chi connectivity index (χ0n) is 10.2. The molecule has 1 aliphatic rings. The second-order valence-electron chi connectivity index (χ2n) is 4.53. The zero-order valence-corrected chi connectivity index (χ0v) is 10.2. The fourth-order valence-corrected chi connectivity index (χ4v) is 2.17. The van der Waals surface area contributed by atoms with Gasteiger partial charge in [0.25, 0.3) is 0 Å². The molecule has 0 atom stereocenters. The molecule has 0 saturated carbocycles. The summed E-state index contributed by atoms with van der Waals surface area (Å²) in [4.78, 5) is 12.9. The fourth-order valence-electron chi connectivity index (χ4n) is 2.17. The highest BCUT2D eigenvalue weighted by Gasteiger charge is 2.15. The van der Waals surface area contributed by atoms with Gasteiger partial charge in [0.15, 0.2) is 0 Å². The first kappa shape index (κ1) is 11.9. The molecule has 1 heterocycles. The number of anilines is 1. The Balaban J connectivity index is 1.88. The third kappa shape index (κ3) is 2.97. The first-order valence-corrected chi connectivity index (χ1v) is 5.99. The van der Waals surface area contributed by atoms with Crippen molar-refractivity contribution < 1.29 is 4.79 Å². The van der Waals surface area contributed by atoms with Gasteiger partial charge in [0.2, 0.25) is 5.91 Å². The zero-order chi connectivity index (χ0) is 12.3. The molecule has 92 valence electrons. The molecule has 0 aromatic heterocycles. The van der Waals surface area contributed by atoms with Gasteiger partial charge in [-0.2, -0.15) is 0 Å². The van der Waals surface area contributed by atoms with Gasteiger partial charge in [-0.15, -0.1) is 0 Å². The van der Waals surface area contributed by atoms with E-state index in [9.17, 15) is 4.79 Å². The molecular weight excluding hydrogens is 214 g/mol. The van der Waals surface area contributed by atoms with Crippen molar-refractivity contribution in [3.8, 4) is 0 Å². The van der Waals surface area contributed by atoms with Gasteiger partial charge in [-0.3, -0.25) is 4.79 Å². The van der Waals surface area contributed by atoms with Gasteiger partial charge in [0.1, 0.15) is 0 Å². The molecule has 0 bridgehead atoms. The molecule has 4 nitrogen and oxygen atoms in total. The van der Waals surface area contributed by atoms with E-state index in [0.717, 1.165) is 19.5 Å². The number of nitrogens with one attached hydrogen (secondary N) is 1. The molecule has 0 fully saturated rings. The SMILES string of the molecule is CN1CCc2cc(CNCCC(N)=O)ccc21. The number of nitrogens with zero attached hydrogens (tertiary/aromatic N) is 1. The predicted octanol–water partition coefficient (Wildman–Crippen LogP) is 0.644. The van der Waals surface area contributed by atoms with Gasteiger partial charge in [0.05, 0.1) is 0 Å². The normalized spacial score (nSPS) is 13.8. The predicted molar refractivity (Wildman–Crippen MR) is 68.9 cm³/mol. The van der Waals surface area contributed by atoms with Crippen molar-refractivity contribution in [2.75, 3.05) is 25.0 Å². The van der Waals surface area contributed by atoms with Crippen LogP contribution < -0.4 is 16.0 Å². The summed E-state index contributed by atoms with van der Waals surface area (Å²) in [6, 6.07) is 6.56. The van der Waals surface area contributed by atoms with E-state index in [2.05, 4.69) is 35.5 Å². The third-order valence-corrected chi connectivity index (χ3v) is 3.15. The number of amides is 1. The van der Waals surface area contributed by atoms with Crippen LogP contribution in [0.15, 0.2) is 18.2 Å². The van der Waals surface area contributed by atoms with Crippen molar-refractivity contribution in [1.82, 2.24) is 5.32 Å².